The van der Waals surface area contributed by atoms with Gasteiger partial charge in [0, 0.05) is 50.4 Å². The molecule has 4 heteroatoms. The molecule has 0 N–H and O–H groups in total. The van der Waals surface area contributed by atoms with Gasteiger partial charge < -0.3 is 9.80 Å². The molecule has 25 heavy (non-hydrogen) atoms. The highest BCUT2D eigenvalue weighted by Gasteiger charge is 2.26. The molecule has 2 aliphatic heterocycles. The Morgan fingerprint density at radius 2 is 1.92 bits per heavy atom. The van der Waals surface area contributed by atoms with Crippen molar-refractivity contribution in [3.05, 3.63) is 65.5 Å². The van der Waals surface area contributed by atoms with E-state index in [1.165, 1.54) is 16.8 Å². The average molecular weight is 335 g/mol. The highest BCUT2D eigenvalue weighted by Crippen LogP contribution is 2.25. The predicted octanol–water partition coefficient (Wildman–Crippen LogP) is 2.85. The molecule has 1 aromatic heterocycles. The van der Waals surface area contributed by atoms with Crippen LogP contribution in [0.25, 0.3) is 0 Å². The second-order valence-electron chi connectivity index (χ2n) is 7.12. The number of fused-ring (bicyclic) bond motifs is 1. The van der Waals surface area contributed by atoms with Gasteiger partial charge in [-0.3, -0.25) is 9.78 Å². The average Bonchev–Trinajstić information content (AvgIpc) is 3.15. The van der Waals surface area contributed by atoms with E-state index in [0.29, 0.717) is 12.3 Å². The Hall–Kier alpha value is -2.20. The summed E-state index contributed by atoms with van der Waals surface area (Å²) in [6.45, 7) is 4.57. The first-order valence-corrected chi connectivity index (χ1v) is 9.27. The SMILES string of the molecule is O=C(CCN1CCC(c2ccccn2)C1)N1CCc2ccccc2C1. The highest BCUT2D eigenvalue weighted by atomic mass is 16.2. The Bertz CT molecular complexity index is 731. The number of likely N-dealkylation sites (tertiary alicyclic amines) is 1. The number of rotatable bonds is 4. The molecule has 1 fully saturated rings. The lowest BCUT2D eigenvalue weighted by Gasteiger charge is -2.29. The summed E-state index contributed by atoms with van der Waals surface area (Å²) in [5.74, 6) is 0.800. The summed E-state index contributed by atoms with van der Waals surface area (Å²) in [6, 6.07) is 14.6. The smallest absolute Gasteiger partial charge is 0.224 e. The molecule has 1 aromatic carbocycles. The zero-order chi connectivity index (χ0) is 17.1. The fourth-order valence-electron chi connectivity index (χ4n) is 4.02. The first-order chi connectivity index (χ1) is 12.3. The van der Waals surface area contributed by atoms with Gasteiger partial charge in [-0.05, 0) is 42.6 Å². The summed E-state index contributed by atoms with van der Waals surface area (Å²) in [5.41, 5.74) is 3.88. The van der Waals surface area contributed by atoms with Crippen molar-refractivity contribution in [1.29, 1.82) is 0 Å². The molecule has 130 valence electrons. The molecule has 1 saturated heterocycles. The van der Waals surface area contributed by atoms with E-state index in [-0.39, 0.29) is 5.91 Å². The zero-order valence-electron chi connectivity index (χ0n) is 14.6. The summed E-state index contributed by atoms with van der Waals surface area (Å²) in [4.78, 5) is 21.5. The van der Waals surface area contributed by atoms with Crippen molar-refractivity contribution in [2.75, 3.05) is 26.2 Å². The molecule has 0 saturated carbocycles. The number of hydrogen-bond donors (Lipinski definition) is 0. The number of hydrogen-bond acceptors (Lipinski definition) is 3. The second kappa shape index (κ2) is 7.36. The van der Waals surface area contributed by atoms with Crippen LogP contribution >= 0.6 is 0 Å². The van der Waals surface area contributed by atoms with Crippen molar-refractivity contribution in [2.45, 2.75) is 31.7 Å². The summed E-state index contributed by atoms with van der Waals surface area (Å²) in [7, 11) is 0. The summed E-state index contributed by atoms with van der Waals surface area (Å²) in [5, 5.41) is 0. The molecular formula is C21H25N3O. The van der Waals surface area contributed by atoms with Crippen LogP contribution in [-0.2, 0) is 17.8 Å². The number of aromatic nitrogens is 1. The van der Waals surface area contributed by atoms with Crippen LogP contribution in [0.2, 0.25) is 0 Å². The Kier molecular flexibility index (Phi) is 4.79. The molecule has 4 rings (SSSR count). The summed E-state index contributed by atoms with van der Waals surface area (Å²) < 4.78 is 0. The van der Waals surface area contributed by atoms with Gasteiger partial charge in [-0.15, -0.1) is 0 Å². The fraction of sp³-hybridized carbons (Fsp3) is 0.429. The second-order valence-corrected chi connectivity index (χ2v) is 7.12. The minimum atomic E-state index is 0.288. The Balaban J connectivity index is 1.27. The Morgan fingerprint density at radius 3 is 2.76 bits per heavy atom. The zero-order valence-corrected chi connectivity index (χ0v) is 14.6. The molecular weight excluding hydrogens is 310 g/mol. The first kappa shape index (κ1) is 16.3. The van der Waals surface area contributed by atoms with E-state index in [4.69, 9.17) is 0 Å². The lowest BCUT2D eigenvalue weighted by molar-refractivity contribution is -0.132. The molecule has 0 bridgehead atoms. The third-order valence-electron chi connectivity index (χ3n) is 5.50. The largest absolute Gasteiger partial charge is 0.338 e. The number of pyridine rings is 1. The number of carbonyl (C=O) groups is 1. The van der Waals surface area contributed by atoms with E-state index in [1.54, 1.807) is 0 Å². The predicted molar refractivity (Wildman–Crippen MR) is 98.2 cm³/mol. The maximum Gasteiger partial charge on any atom is 0.224 e. The van der Waals surface area contributed by atoms with Crippen LogP contribution in [0.3, 0.4) is 0 Å². The van der Waals surface area contributed by atoms with Gasteiger partial charge in [0.2, 0.25) is 5.91 Å². The van der Waals surface area contributed by atoms with Crippen LogP contribution in [0.4, 0.5) is 0 Å². The third kappa shape index (κ3) is 3.74. The number of benzene rings is 1. The van der Waals surface area contributed by atoms with Gasteiger partial charge in [0.05, 0.1) is 0 Å². The third-order valence-corrected chi connectivity index (χ3v) is 5.50. The standard InChI is InChI=1S/C21H25N3O/c25-21(24-14-9-17-5-1-2-6-18(17)16-24)10-13-23-12-8-19(15-23)20-7-3-4-11-22-20/h1-7,11,19H,8-10,12-16H2. The monoisotopic (exact) mass is 335 g/mol. The lowest BCUT2D eigenvalue weighted by Crippen LogP contribution is -2.37. The molecule has 3 heterocycles. The van der Waals surface area contributed by atoms with Gasteiger partial charge in [0.15, 0.2) is 0 Å². The van der Waals surface area contributed by atoms with Gasteiger partial charge in [-0.2, -0.15) is 0 Å². The highest BCUT2D eigenvalue weighted by molar-refractivity contribution is 5.76. The summed E-state index contributed by atoms with van der Waals surface area (Å²) in [6.07, 6.45) is 4.61. The van der Waals surface area contributed by atoms with Gasteiger partial charge in [0.1, 0.15) is 0 Å². The first-order valence-electron chi connectivity index (χ1n) is 9.27. The Labute approximate surface area is 149 Å². The summed E-state index contributed by atoms with van der Waals surface area (Å²) >= 11 is 0. The van der Waals surface area contributed by atoms with E-state index < -0.39 is 0 Å². The number of amides is 1. The van der Waals surface area contributed by atoms with Crippen molar-refractivity contribution in [3.63, 3.8) is 0 Å². The molecule has 0 aliphatic carbocycles. The van der Waals surface area contributed by atoms with Crippen LogP contribution in [0.1, 0.15) is 35.6 Å². The molecule has 1 amide bonds. The van der Waals surface area contributed by atoms with Crippen LogP contribution < -0.4 is 0 Å². The normalized spacial score (nSPS) is 20.5. The quantitative estimate of drug-likeness (QED) is 0.862. The molecule has 2 aromatic rings. The van der Waals surface area contributed by atoms with Crippen molar-refractivity contribution < 1.29 is 4.79 Å². The number of carbonyl (C=O) groups excluding carboxylic acids is 1. The van der Waals surface area contributed by atoms with Crippen LogP contribution in [-0.4, -0.2) is 46.9 Å². The van der Waals surface area contributed by atoms with Crippen LogP contribution in [0, 0.1) is 0 Å². The van der Waals surface area contributed by atoms with Gasteiger partial charge >= 0.3 is 0 Å². The van der Waals surface area contributed by atoms with Crippen LogP contribution in [0.5, 0.6) is 0 Å². The van der Waals surface area contributed by atoms with Gasteiger partial charge in [0.25, 0.3) is 0 Å². The molecule has 4 nitrogen and oxygen atoms in total. The van der Waals surface area contributed by atoms with Crippen molar-refractivity contribution in [2.24, 2.45) is 0 Å². The molecule has 0 spiro atoms. The maximum absolute atomic E-state index is 12.6. The topological polar surface area (TPSA) is 36.4 Å². The molecule has 2 aliphatic rings. The Morgan fingerprint density at radius 1 is 1.08 bits per heavy atom. The fourth-order valence-corrected chi connectivity index (χ4v) is 4.02. The minimum absolute atomic E-state index is 0.288. The van der Waals surface area contributed by atoms with Gasteiger partial charge in [-0.1, -0.05) is 30.3 Å². The van der Waals surface area contributed by atoms with E-state index in [0.717, 1.165) is 45.6 Å². The van der Waals surface area contributed by atoms with E-state index in [9.17, 15) is 4.79 Å². The molecule has 0 radical (unpaired) electrons. The van der Waals surface area contributed by atoms with Crippen molar-refractivity contribution in [1.82, 2.24) is 14.8 Å². The van der Waals surface area contributed by atoms with E-state index in [1.807, 2.05) is 17.2 Å². The van der Waals surface area contributed by atoms with Crippen molar-refractivity contribution >= 4 is 5.91 Å². The van der Waals surface area contributed by atoms with Crippen molar-refractivity contribution in [3.8, 4) is 0 Å². The maximum atomic E-state index is 12.6. The van der Waals surface area contributed by atoms with Crippen LogP contribution in [0.15, 0.2) is 48.7 Å². The van der Waals surface area contributed by atoms with Gasteiger partial charge in [-0.25, -0.2) is 0 Å². The minimum Gasteiger partial charge on any atom is -0.338 e. The molecule has 1 unspecified atom stereocenters. The lowest BCUT2D eigenvalue weighted by atomic mass is 10.00. The number of nitrogens with zero attached hydrogens (tertiary/aromatic N) is 3. The van der Waals surface area contributed by atoms with E-state index in [2.05, 4.69) is 46.3 Å². The van der Waals surface area contributed by atoms with E-state index >= 15 is 0 Å². The molecule has 1 atom stereocenters.